The van der Waals surface area contributed by atoms with Crippen molar-refractivity contribution in [2.24, 2.45) is 0 Å². The topological polar surface area (TPSA) is 45.2 Å². The van der Waals surface area contributed by atoms with Crippen molar-refractivity contribution in [2.45, 2.75) is 10.8 Å². The SMILES string of the molecule is c1ccc(-c2cc(-c3ccc(-c4cc(N5c6ccccc6C(c6ccccc6)(c6ccccc6)c6ccccc65)nc(N5c6ccccc6C(c6ccccc6)(c6ccccc6)c6ccccc65)c4)cc3)nc(-c3ccccc3)n2)cc1. The number of fused-ring (bicyclic) bond motifs is 4. The largest absolute Gasteiger partial charge is 0.294 e. The van der Waals surface area contributed by atoms with Crippen LogP contribution >= 0.6 is 0 Å². The van der Waals surface area contributed by atoms with Crippen molar-refractivity contribution in [3.8, 4) is 45.0 Å². The van der Waals surface area contributed by atoms with Crippen LogP contribution in [0.1, 0.15) is 44.5 Å². The van der Waals surface area contributed by atoms with E-state index in [-0.39, 0.29) is 0 Å². The Labute approximate surface area is 478 Å². The van der Waals surface area contributed by atoms with Crippen molar-refractivity contribution in [1.82, 2.24) is 15.0 Å². The summed E-state index contributed by atoms with van der Waals surface area (Å²) in [5, 5.41) is 0. The van der Waals surface area contributed by atoms with Crippen LogP contribution < -0.4 is 9.80 Å². The van der Waals surface area contributed by atoms with Crippen LogP contribution in [0.3, 0.4) is 0 Å². The molecule has 4 heterocycles. The summed E-state index contributed by atoms with van der Waals surface area (Å²) in [6.07, 6.45) is 0. The van der Waals surface area contributed by atoms with Gasteiger partial charge in [-0.1, -0.05) is 279 Å². The molecule has 386 valence electrons. The second kappa shape index (κ2) is 20.2. The summed E-state index contributed by atoms with van der Waals surface area (Å²) in [7, 11) is 0. The molecule has 0 amide bonds. The maximum Gasteiger partial charge on any atom is 0.160 e. The van der Waals surface area contributed by atoms with E-state index in [1.165, 1.54) is 44.5 Å². The smallest absolute Gasteiger partial charge is 0.160 e. The summed E-state index contributed by atoms with van der Waals surface area (Å²) in [4.78, 5) is 21.1. The Morgan fingerprint density at radius 2 is 0.500 bits per heavy atom. The van der Waals surface area contributed by atoms with E-state index in [1.807, 2.05) is 24.3 Å². The average molecular weight is 1050 g/mol. The summed E-state index contributed by atoms with van der Waals surface area (Å²) in [6, 6.07) is 116. The molecule has 0 unspecified atom stereocenters. The maximum atomic E-state index is 5.97. The van der Waals surface area contributed by atoms with E-state index in [0.29, 0.717) is 5.82 Å². The second-order valence-electron chi connectivity index (χ2n) is 21.0. The molecule has 0 saturated heterocycles. The van der Waals surface area contributed by atoms with Crippen LogP contribution in [0.5, 0.6) is 0 Å². The van der Waals surface area contributed by atoms with E-state index in [9.17, 15) is 0 Å². The summed E-state index contributed by atoms with van der Waals surface area (Å²) < 4.78 is 0. The van der Waals surface area contributed by atoms with Gasteiger partial charge < -0.3 is 0 Å². The molecule has 2 aliphatic heterocycles. The number of pyridine rings is 1. The quantitative estimate of drug-likeness (QED) is 0.137. The van der Waals surface area contributed by atoms with Crippen molar-refractivity contribution in [3.63, 3.8) is 0 Å². The van der Waals surface area contributed by atoms with Gasteiger partial charge in [-0.3, -0.25) is 9.80 Å². The highest BCUT2D eigenvalue weighted by Gasteiger charge is 2.48. The molecule has 5 heteroatoms. The molecule has 0 atom stereocenters. The van der Waals surface area contributed by atoms with E-state index >= 15 is 0 Å². The van der Waals surface area contributed by atoms with Gasteiger partial charge in [0, 0.05) is 16.7 Å². The van der Waals surface area contributed by atoms with Gasteiger partial charge in [0.2, 0.25) is 0 Å². The number of hydrogen-bond acceptors (Lipinski definition) is 5. The number of rotatable bonds is 10. The highest BCUT2D eigenvalue weighted by molar-refractivity contribution is 5.93. The number of aromatic nitrogens is 3. The number of para-hydroxylation sites is 4. The maximum absolute atomic E-state index is 5.97. The normalized spacial score (nSPS) is 13.5. The molecule has 0 N–H and O–H groups in total. The van der Waals surface area contributed by atoms with Gasteiger partial charge in [-0.05, 0) is 98.1 Å². The minimum Gasteiger partial charge on any atom is -0.294 e. The first-order chi connectivity index (χ1) is 40.7. The zero-order valence-corrected chi connectivity index (χ0v) is 44.8. The summed E-state index contributed by atoms with van der Waals surface area (Å²) in [5.41, 5.74) is 19.1. The Bertz CT molecular complexity index is 4000. The van der Waals surface area contributed by atoms with E-state index in [4.69, 9.17) is 15.0 Å². The molecule has 0 fully saturated rings. The first-order valence-electron chi connectivity index (χ1n) is 28.0. The third-order valence-corrected chi connectivity index (χ3v) is 16.6. The Morgan fingerprint density at radius 3 is 0.854 bits per heavy atom. The third kappa shape index (κ3) is 7.81. The van der Waals surface area contributed by atoms with Crippen LogP contribution in [-0.2, 0) is 10.8 Å². The fraction of sp³-hybridized carbons (Fsp3) is 0.0260. The zero-order chi connectivity index (χ0) is 54.5. The number of nitrogens with zero attached hydrogens (tertiary/aromatic N) is 5. The predicted octanol–water partition coefficient (Wildman–Crippen LogP) is 18.9. The van der Waals surface area contributed by atoms with Gasteiger partial charge in [-0.2, -0.15) is 0 Å². The molecule has 2 aliphatic rings. The number of hydrogen-bond donors (Lipinski definition) is 0. The minimum absolute atomic E-state index is 0.646. The number of benzene rings is 11. The molecule has 0 bridgehead atoms. The van der Waals surface area contributed by atoms with E-state index in [1.54, 1.807) is 0 Å². The third-order valence-electron chi connectivity index (χ3n) is 16.6. The molecule has 0 spiro atoms. The van der Waals surface area contributed by atoms with Crippen LogP contribution in [0.15, 0.2) is 322 Å². The molecule has 0 saturated carbocycles. The molecule has 82 heavy (non-hydrogen) atoms. The standard InChI is InChI=1S/C77H53N5/c1-7-27-55(28-8-1)67-53-68(79-75(78-67)57-29-9-2-10-30-57)56-49-47-54(48-50-56)58-51-73(81-69-43-23-19-39-63(69)76(59-31-11-3-12-32-59,60-33-13-4-14-34-60)64-40-20-24-44-70(64)81)80-74(52-58)82-71-45-25-21-41-65(71)77(61-35-15-5-16-36-61,62-37-17-6-18-38-62)66-42-22-26-46-72(66)82/h1-53H. The fourth-order valence-electron chi connectivity index (χ4n) is 13.1. The van der Waals surface area contributed by atoms with Gasteiger partial charge >= 0.3 is 0 Å². The lowest BCUT2D eigenvalue weighted by atomic mass is 9.62. The van der Waals surface area contributed by atoms with Gasteiger partial charge in [0.05, 0.1) is 45.0 Å². The lowest BCUT2D eigenvalue weighted by molar-refractivity contribution is 0.728. The van der Waals surface area contributed by atoms with E-state index in [0.717, 1.165) is 73.6 Å². The van der Waals surface area contributed by atoms with Crippen LogP contribution in [0.2, 0.25) is 0 Å². The molecular weight excluding hydrogens is 995 g/mol. The molecule has 0 radical (unpaired) electrons. The molecule has 2 aromatic heterocycles. The monoisotopic (exact) mass is 1050 g/mol. The molecular formula is C77H53N5. The second-order valence-corrected chi connectivity index (χ2v) is 21.0. The minimum atomic E-state index is -0.646. The Balaban J connectivity index is 0.968. The summed E-state index contributed by atoms with van der Waals surface area (Å²) in [6.45, 7) is 0. The first-order valence-corrected chi connectivity index (χ1v) is 28.0. The van der Waals surface area contributed by atoms with E-state index < -0.39 is 10.8 Å². The first kappa shape index (κ1) is 48.4. The summed E-state index contributed by atoms with van der Waals surface area (Å²) in [5.74, 6) is 2.26. The van der Waals surface area contributed by atoms with Crippen LogP contribution in [0, 0.1) is 0 Å². The predicted molar refractivity (Wildman–Crippen MR) is 335 cm³/mol. The van der Waals surface area contributed by atoms with Crippen LogP contribution in [-0.4, -0.2) is 15.0 Å². The van der Waals surface area contributed by atoms with Gasteiger partial charge in [-0.25, -0.2) is 15.0 Å². The average Bonchev–Trinajstić information content (AvgIpc) is 1.64. The van der Waals surface area contributed by atoms with Gasteiger partial charge in [-0.15, -0.1) is 0 Å². The molecule has 5 nitrogen and oxygen atoms in total. The summed E-state index contributed by atoms with van der Waals surface area (Å²) >= 11 is 0. The molecule has 0 aliphatic carbocycles. The Morgan fingerprint density at radius 1 is 0.220 bits per heavy atom. The lowest BCUT2D eigenvalue weighted by Gasteiger charge is -2.47. The molecule has 15 rings (SSSR count). The van der Waals surface area contributed by atoms with Crippen molar-refractivity contribution in [2.75, 3.05) is 9.80 Å². The molecule has 13 aromatic rings. The van der Waals surface area contributed by atoms with Crippen LogP contribution in [0.4, 0.5) is 34.4 Å². The van der Waals surface area contributed by atoms with Crippen molar-refractivity contribution >= 4 is 34.4 Å². The van der Waals surface area contributed by atoms with Crippen LogP contribution in [0.25, 0.3) is 45.0 Å². The Kier molecular flexibility index (Phi) is 11.9. The van der Waals surface area contributed by atoms with Crippen molar-refractivity contribution in [3.05, 3.63) is 366 Å². The highest BCUT2D eigenvalue weighted by Crippen LogP contribution is 2.60. The van der Waals surface area contributed by atoms with Gasteiger partial charge in [0.25, 0.3) is 0 Å². The van der Waals surface area contributed by atoms with E-state index in [2.05, 4.69) is 307 Å². The fourth-order valence-corrected chi connectivity index (χ4v) is 13.1. The highest BCUT2D eigenvalue weighted by atomic mass is 15.3. The van der Waals surface area contributed by atoms with Gasteiger partial charge in [0.15, 0.2) is 5.82 Å². The Hall–Kier alpha value is -10.8. The molecule has 11 aromatic carbocycles. The van der Waals surface area contributed by atoms with Crippen molar-refractivity contribution in [1.29, 1.82) is 0 Å². The lowest BCUT2D eigenvalue weighted by Crippen LogP contribution is -2.38. The zero-order valence-electron chi connectivity index (χ0n) is 44.8. The number of anilines is 6. The van der Waals surface area contributed by atoms with Gasteiger partial charge in [0.1, 0.15) is 11.6 Å². The van der Waals surface area contributed by atoms with Crippen molar-refractivity contribution < 1.29 is 0 Å².